The monoisotopic (exact) mass is 985 g/mol. The summed E-state index contributed by atoms with van der Waals surface area (Å²) in [5, 5.41) is 56.6. The van der Waals surface area contributed by atoms with Crippen molar-refractivity contribution in [2.24, 2.45) is 23.7 Å². The first-order valence-electron chi connectivity index (χ1n) is 25.5. The average molecular weight is 985 g/mol. The van der Waals surface area contributed by atoms with Crippen molar-refractivity contribution in [1.29, 1.82) is 0 Å². The molecule has 0 bridgehead atoms. The highest BCUT2D eigenvalue weighted by Gasteiger charge is 2.52. The Balaban J connectivity index is 1.44. The summed E-state index contributed by atoms with van der Waals surface area (Å²) in [4.78, 5) is 32.4. The third kappa shape index (κ3) is 15.1. The standard InChI is InChI=1S/C51H88N2O16/c1-13-38-35(27-63-50-47(62-12)46(61-11)42(57)31(5)65-50)23-28(2)17-18-36(54)29(3)24-34(19-22-53-20-15-14-16-21-53)44(30(4)37(55)25-39(56)67-38)69-49-43(58)41(52(9)10)45(32(6)66-49)68-40-26-51(8,60)48(59)33(7)64-40/h17-18,23,29-35,37-38,40-50,55,57-60H,13-16,19-22,24-27H2,1-12H3/b18-17+,28-23-/t29-,30+,31-,32-,33+,34+,35-,37-,38-,40+,41-,42-,43-,44-,45-,46-,47-,48+,49+,50-,51-/m1/s1. The van der Waals surface area contributed by atoms with Crippen LogP contribution in [-0.2, 0) is 52.2 Å². The smallest absolute Gasteiger partial charge is 0.308 e. The van der Waals surface area contributed by atoms with Crippen molar-refractivity contribution in [3.63, 3.8) is 0 Å². The van der Waals surface area contributed by atoms with Gasteiger partial charge in [0.15, 0.2) is 24.7 Å². The zero-order chi connectivity index (χ0) is 50.9. The van der Waals surface area contributed by atoms with Crippen LogP contribution in [0.1, 0.15) is 107 Å². The number of hydrogen-bond acceptors (Lipinski definition) is 18. The number of carbonyl (C=O) groups is 2. The molecule has 0 spiro atoms. The maximum atomic E-state index is 14.1. The van der Waals surface area contributed by atoms with Gasteiger partial charge in [-0.3, -0.25) is 9.59 Å². The van der Waals surface area contributed by atoms with Gasteiger partial charge < -0.3 is 78.0 Å². The quantitative estimate of drug-likeness (QED) is 0.158. The first-order chi connectivity index (χ1) is 32.6. The Kier molecular flexibility index (Phi) is 22.1. The number of carbonyl (C=O) groups excluding carboxylic acids is 2. The highest BCUT2D eigenvalue weighted by atomic mass is 16.7. The molecule has 398 valence electrons. The maximum Gasteiger partial charge on any atom is 0.308 e. The third-order valence-corrected chi connectivity index (χ3v) is 15.3. The number of allylic oxidation sites excluding steroid dienone is 3. The van der Waals surface area contributed by atoms with E-state index in [9.17, 15) is 35.1 Å². The highest BCUT2D eigenvalue weighted by Crippen LogP contribution is 2.38. The zero-order valence-corrected chi connectivity index (χ0v) is 43.4. The van der Waals surface area contributed by atoms with Gasteiger partial charge in [0.2, 0.25) is 0 Å². The van der Waals surface area contributed by atoms with Crippen molar-refractivity contribution in [2.45, 2.75) is 211 Å². The summed E-state index contributed by atoms with van der Waals surface area (Å²) in [7, 11) is 6.60. The molecule has 5 rings (SSSR count). The largest absolute Gasteiger partial charge is 0.462 e. The SMILES string of the molecule is CC[C@H]1OC(=O)C[C@@H](O)[C@H](C)[C@@H](O[C@@H]2O[C@H](C)[C@@H](O[C@H]3C[C@@](C)(O)[C@@H](O)[C@H](C)O3)[C@H](N(C)C)[C@H]2O)[C@@H](CCN2CCCCC2)C[C@@H](C)C(=O)/C=C/C(C)=C\[C@@H]1CO[C@@H]1O[C@H](C)[C@@H](O)[C@@H](OC)[C@H]1OC. The van der Waals surface area contributed by atoms with Crippen molar-refractivity contribution < 1.29 is 77.8 Å². The number of cyclic esters (lactones) is 1. The molecule has 4 saturated heterocycles. The molecular formula is C51H88N2O16. The van der Waals surface area contributed by atoms with Crippen LogP contribution in [0.25, 0.3) is 0 Å². The van der Waals surface area contributed by atoms with Gasteiger partial charge in [0.05, 0.1) is 55.2 Å². The van der Waals surface area contributed by atoms with Gasteiger partial charge in [-0.05, 0) is 112 Å². The normalized spacial score (nSPS) is 45.2. The van der Waals surface area contributed by atoms with Crippen LogP contribution >= 0.6 is 0 Å². The van der Waals surface area contributed by atoms with E-state index in [0.717, 1.165) is 38.0 Å². The number of likely N-dealkylation sites (N-methyl/N-ethyl adjacent to an activating group) is 1. The van der Waals surface area contributed by atoms with Gasteiger partial charge in [-0.1, -0.05) is 44.9 Å². The number of methoxy groups -OCH3 is 2. The summed E-state index contributed by atoms with van der Waals surface area (Å²) < 4.78 is 55.7. The van der Waals surface area contributed by atoms with Gasteiger partial charge in [-0.2, -0.15) is 0 Å². The number of aliphatic hydroxyl groups excluding tert-OH is 4. The first kappa shape index (κ1) is 57.9. The van der Waals surface area contributed by atoms with Crippen LogP contribution in [0.3, 0.4) is 0 Å². The summed E-state index contributed by atoms with van der Waals surface area (Å²) in [5.74, 6) is -2.72. The van der Waals surface area contributed by atoms with E-state index in [1.54, 1.807) is 26.0 Å². The molecule has 5 aliphatic heterocycles. The minimum atomic E-state index is -1.47. The summed E-state index contributed by atoms with van der Waals surface area (Å²) in [6, 6.07) is -0.686. The first-order valence-corrected chi connectivity index (χ1v) is 25.5. The second-order valence-corrected chi connectivity index (χ2v) is 21.0. The lowest BCUT2D eigenvalue weighted by molar-refractivity contribution is -0.342. The molecule has 4 fully saturated rings. The fourth-order valence-electron chi connectivity index (χ4n) is 11.0. The molecule has 0 radical (unpaired) electrons. The summed E-state index contributed by atoms with van der Waals surface area (Å²) in [5.41, 5.74) is -0.720. The van der Waals surface area contributed by atoms with Crippen molar-refractivity contribution in [3.05, 3.63) is 23.8 Å². The number of piperidine rings is 1. The Morgan fingerprint density at radius 1 is 0.826 bits per heavy atom. The van der Waals surface area contributed by atoms with Gasteiger partial charge in [0, 0.05) is 38.4 Å². The van der Waals surface area contributed by atoms with Gasteiger partial charge in [0.1, 0.15) is 42.7 Å². The molecule has 0 aromatic carbocycles. The number of rotatable bonds is 14. The number of aliphatic hydroxyl groups is 5. The molecule has 0 unspecified atom stereocenters. The lowest BCUT2D eigenvalue weighted by atomic mass is 9.79. The van der Waals surface area contributed by atoms with Crippen molar-refractivity contribution in [1.82, 2.24) is 9.80 Å². The molecule has 0 aromatic heterocycles. The van der Waals surface area contributed by atoms with Gasteiger partial charge in [-0.25, -0.2) is 0 Å². The van der Waals surface area contributed by atoms with Crippen LogP contribution in [0.4, 0.5) is 0 Å². The van der Waals surface area contributed by atoms with E-state index in [0.29, 0.717) is 19.3 Å². The Morgan fingerprint density at radius 3 is 2.12 bits per heavy atom. The molecule has 18 heteroatoms. The fraction of sp³-hybridized carbons (Fsp3) is 0.882. The summed E-state index contributed by atoms with van der Waals surface area (Å²) in [6.07, 6.45) is -3.68. The van der Waals surface area contributed by atoms with E-state index < -0.39 is 127 Å². The predicted molar refractivity (Wildman–Crippen MR) is 255 cm³/mol. The second kappa shape index (κ2) is 26.3. The molecule has 69 heavy (non-hydrogen) atoms. The highest BCUT2D eigenvalue weighted by molar-refractivity contribution is 5.91. The molecule has 0 aliphatic carbocycles. The Hall–Kier alpha value is -1.98. The fourth-order valence-corrected chi connectivity index (χ4v) is 11.0. The Morgan fingerprint density at radius 2 is 1.49 bits per heavy atom. The van der Waals surface area contributed by atoms with Gasteiger partial charge >= 0.3 is 5.97 Å². The topological polar surface area (TPSA) is 225 Å². The van der Waals surface area contributed by atoms with Crippen LogP contribution in [0, 0.1) is 23.7 Å². The third-order valence-electron chi connectivity index (χ3n) is 15.3. The second-order valence-electron chi connectivity index (χ2n) is 21.0. The van der Waals surface area contributed by atoms with Gasteiger partial charge in [-0.15, -0.1) is 0 Å². The maximum absolute atomic E-state index is 14.1. The van der Waals surface area contributed by atoms with E-state index >= 15 is 0 Å². The summed E-state index contributed by atoms with van der Waals surface area (Å²) in [6.45, 7) is 16.9. The molecule has 5 heterocycles. The molecular weight excluding hydrogens is 897 g/mol. The average Bonchev–Trinajstić information content (AvgIpc) is 3.30. The van der Waals surface area contributed by atoms with E-state index in [-0.39, 0.29) is 31.1 Å². The molecule has 18 nitrogen and oxygen atoms in total. The lowest BCUT2D eigenvalue weighted by Gasteiger charge is -2.50. The Bertz CT molecular complexity index is 1660. The molecule has 21 atom stereocenters. The number of likely N-dealkylation sites (tertiary alicyclic amines) is 1. The molecule has 0 saturated carbocycles. The van der Waals surface area contributed by atoms with Crippen LogP contribution in [0.5, 0.6) is 0 Å². The Labute approximate surface area is 410 Å². The van der Waals surface area contributed by atoms with E-state index in [1.807, 2.05) is 59.7 Å². The van der Waals surface area contributed by atoms with Crippen LogP contribution < -0.4 is 0 Å². The molecule has 0 aromatic rings. The number of esters is 1. The number of hydrogen-bond donors (Lipinski definition) is 5. The van der Waals surface area contributed by atoms with E-state index in [4.69, 9.17) is 42.6 Å². The number of nitrogens with zero attached hydrogens (tertiary/aromatic N) is 2. The predicted octanol–water partition coefficient (Wildman–Crippen LogP) is 3.12. The van der Waals surface area contributed by atoms with Crippen molar-refractivity contribution >= 4 is 11.8 Å². The van der Waals surface area contributed by atoms with Crippen LogP contribution in [0.2, 0.25) is 0 Å². The number of ether oxygens (including phenoxy) is 9. The van der Waals surface area contributed by atoms with Crippen LogP contribution in [-0.4, -0.2) is 205 Å². The van der Waals surface area contributed by atoms with Crippen molar-refractivity contribution in [2.75, 3.05) is 54.6 Å². The van der Waals surface area contributed by atoms with Gasteiger partial charge in [0.25, 0.3) is 0 Å². The van der Waals surface area contributed by atoms with Crippen molar-refractivity contribution in [3.8, 4) is 0 Å². The molecule has 0 amide bonds. The zero-order valence-electron chi connectivity index (χ0n) is 43.4. The molecule has 5 N–H and O–H groups in total. The minimum Gasteiger partial charge on any atom is -0.462 e. The lowest BCUT2D eigenvalue weighted by Crippen LogP contribution is -2.65. The minimum absolute atomic E-state index is 0.00347. The van der Waals surface area contributed by atoms with E-state index in [1.165, 1.54) is 27.6 Å². The van der Waals surface area contributed by atoms with E-state index in [2.05, 4.69) is 4.90 Å². The molecule has 5 aliphatic rings. The summed E-state index contributed by atoms with van der Waals surface area (Å²) >= 11 is 0. The number of ketones is 1. The van der Waals surface area contributed by atoms with Crippen LogP contribution in [0.15, 0.2) is 23.8 Å².